The van der Waals surface area contributed by atoms with Crippen LogP contribution < -0.4 is 17.0 Å². The average Bonchev–Trinajstić information content (AvgIpc) is 2.41. The molecule has 0 spiro atoms. The molecule has 1 aliphatic heterocycles. The molecule has 3 N–H and O–H groups in total. The maximum atomic E-state index is 12.0. The molecule has 2 heterocycles. The van der Waals surface area contributed by atoms with Gasteiger partial charge < -0.3 is 10.6 Å². The molecule has 7 heteroatoms. The second-order valence-corrected chi connectivity index (χ2v) is 5.35. The summed E-state index contributed by atoms with van der Waals surface area (Å²) in [5, 5.41) is 0. The minimum absolute atomic E-state index is 0.305. The lowest BCUT2D eigenvalue weighted by Crippen LogP contribution is -2.45. The largest absolute Gasteiger partial charge is 0.385 e. The quantitative estimate of drug-likeness (QED) is 0.760. The molecule has 0 radical (unpaired) electrons. The van der Waals surface area contributed by atoms with Crippen LogP contribution >= 0.6 is 0 Å². The summed E-state index contributed by atoms with van der Waals surface area (Å²) < 4.78 is 1.45. The van der Waals surface area contributed by atoms with Crippen LogP contribution in [0.3, 0.4) is 0 Å². The first-order chi connectivity index (χ1) is 9.52. The molecule has 0 amide bonds. The van der Waals surface area contributed by atoms with Gasteiger partial charge in [0.15, 0.2) is 0 Å². The number of nitrogens with two attached hydrogens (primary N) is 1. The van der Waals surface area contributed by atoms with Crippen LogP contribution in [0, 0.1) is 0 Å². The number of likely N-dealkylation sites (N-methyl/N-ethyl adjacent to an activating group) is 1. The van der Waals surface area contributed by atoms with Gasteiger partial charge in [0.05, 0.1) is 5.56 Å². The van der Waals surface area contributed by atoms with Crippen LogP contribution in [-0.2, 0) is 13.1 Å². The van der Waals surface area contributed by atoms with Crippen LogP contribution in [0.2, 0.25) is 0 Å². The maximum Gasteiger partial charge on any atom is 0.329 e. The van der Waals surface area contributed by atoms with Gasteiger partial charge in [-0.1, -0.05) is 6.92 Å². The van der Waals surface area contributed by atoms with Gasteiger partial charge in [0, 0.05) is 39.3 Å². The molecular formula is C13H23N5O2. The number of piperazine rings is 1. The molecule has 2 rings (SSSR count). The number of hydrogen-bond acceptors (Lipinski definition) is 5. The second kappa shape index (κ2) is 6.23. The first-order valence-electron chi connectivity index (χ1n) is 7.05. The molecule has 0 bridgehead atoms. The lowest BCUT2D eigenvalue weighted by Gasteiger charge is -2.32. The van der Waals surface area contributed by atoms with Gasteiger partial charge in [-0.05, 0) is 13.5 Å². The molecule has 112 valence electrons. The van der Waals surface area contributed by atoms with E-state index < -0.39 is 5.69 Å². The van der Waals surface area contributed by atoms with E-state index in [4.69, 9.17) is 5.73 Å². The highest BCUT2D eigenvalue weighted by Crippen LogP contribution is 2.10. The van der Waals surface area contributed by atoms with Crippen LogP contribution in [-0.4, -0.2) is 52.6 Å². The minimum Gasteiger partial charge on any atom is -0.385 e. The molecule has 0 atom stereocenters. The van der Waals surface area contributed by atoms with E-state index in [1.807, 2.05) is 6.92 Å². The summed E-state index contributed by atoms with van der Waals surface area (Å²) in [6.07, 6.45) is 0.796. The first kappa shape index (κ1) is 14.8. The number of aromatic amines is 1. The van der Waals surface area contributed by atoms with Crippen LogP contribution in [0.15, 0.2) is 9.59 Å². The Balaban J connectivity index is 2.25. The fourth-order valence-electron chi connectivity index (χ4n) is 2.46. The number of hydrogen-bond donors (Lipinski definition) is 2. The third-order valence-corrected chi connectivity index (χ3v) is 3.76. The van der Waals surface area contributed by atoms with Crippen molar-refractivity contribution in [1.82, 2.24) is 19.4 Å². The normalized spacial score (nSPS) is 17.5. The fourth-order valence-corrected chi connectivity index (χ4v) is 2.46. The van der Waals surface area contributed by atoms with Crippen molar-refractivity contribution in [3.05, 3.63) is 26.4 Å². The molecule has 7 nitrogen and oxygen atoms in total. The average molecular weight is 281 g/mol. The smallest absolute Gasteiger partial charge is 0.329 e. The van der Waals surface area contributed by atoms with Gasteiger partial charge >= 0.3 is 5.69 Å². The zero-order chi connectivity index (χ0) is 14.7. The van der Waals surface area contributed by atoms with Crippen molar-refractivity contribution < 1.29 is 0 Å². The van der Waals surface area contributed by atoms with Gasteiger partial charge in [0.2, 0.25) is 0 Å². The van der Waals surface area contributed by atoms with E-state index in [0.29, 0.717) is 24.5 Å². The lowest BCUT2D eigenvalue weighted by molar-refractivity contribution is 0.147. The van der Waals surface area contributed by atoms with Crippen molar-refractivity contribution in [2.45, 2.75) is 26.4 Å². The first-order valence-corrected chi connectivity index (χ1v) is 7.05. The molecule has 20 heavy (non-hydrogen) atoms. The van der Waals surface area contributed by atoms with Gasteiger partial charge in [-0.25, -0.2) is 4.79 Å². The highest BCUT2D eigenvalue weighted by atomic mass is 16.2. The monoisotopic (exact) mass is 281 g/mol. The van der Waals surface area contributed by atoms with E-state index in [1.165, 1.54) is 4.57 Å². The summed E-state index contributed by atoms with van der Waals surface area (Å²) in [5.74, 6) is 0.305. The van der Waals surface area contributed by atoms with Gasteiger partial charge in [0.1, 0.15) is 5.82 Å². The third-order valence-electron chi connectivity index (χ3n) is 3.76. The second-order valence-electron chi connectivity index (χ2n) is 5.35. The third kappa shape index (κ3) is 3.10. The molecule has 0 aliphatic carbocycles. The van der Waals surface area contributed by atoms with Gasteiger partial charge in [-0.3, -0.25) is 19.2 Å². The Morgan fingerprint density at radius 1 is 1.20 bits per heavy atom. The zero-order valence-electron chi connectivity index (χ0n) is 12.2. The molecule has 1 fully saturated rings. The summed E-state index contributed by atoms with van der Waals surface area (Å²) >= 11 is 0. The molecular weight excluding hydrogens is 258 g/mol. The SMILES string of the molecule is CCCn1c(N)c(CN2CCN(C)CC2)c(=O)[nH]c1=O. The highest BCUT2D eigenvalue weighted by molar-refractivity contribution is 5.38. The van der Waals surface area contributed by atoms with Crippen molar-refractivity contribution in [3.63, 3.8) is 0 Å². The summed E-state index contributed by atoms with van der Waals surface area (Å²) in [4.78, 5) is 30.5. The number of rotatable bonds is 4. The minimum atomic E-state index is -0.420. The van der Waals surface area contributed by atoms with Crippen LogP contribution in [0.25, 0.3) is 0 Å². The predicted octanol–water partition coefficient (Wildman–Crippen LogP) is -0.724. The Morgan fingerprint density at radius 2 is 1.85 bits per heavy atom. The van der Waals surface area contributed by atoms with Crippen molar-refractivity contribution >= 4 is 5.82 Å². The van der Waals surface area contributed by atoms with Gasteiger partial charge in [-0.15, -0.1) is 0 Å². The number of H-pyrrole nitrogens is 1. The van der Waals surface area contributed by atoms with Crippen molar-refractivity contribution in [2.75, 3.05) is 39.0 Å². The molecule has 0 saturated carbocycles. The molecule has 1 aromatic heterocycles. The van der Waals surface area contributed by atoms with E-state index >= 15 is 0 Å². The van der Waals surface area contributed by atoms with Crippen molar-refractivity contribution in [3.8, 4) is 0 Å². The maximum absolute atomic E-state index is 12.0. The van der Waals surface area contributed by atoms with Crippen LogP contribution in [0.1, 0.15) is 18.9 Å². The standard InChI is InChI=1S/C13H23N5O2/c1-3-4-18-11(14)10(12(19)15-13(18)20)9-17-7-5-16(2)6-8-17/h3-9,14H2,1-2H3,(H,15,19,20). The fraction of sp³-hybridized carbons (Fsp3) is 0.692. The Bertz CT molecular complexity index is 569. The Labute approximate surface area is 118 Å². The van der Waals surface area contributed by atoms with Crippen molar-refractivity contribution in [1.29, 1.82) is 0 Å². The Hall–Kier alpha value is -1.60. The van der Waals surface area contributed by atoms with E-state index in [9.17, 15) is 9.59 Å². The van der Waals surface area contributed by atoms with Crippen molar-refractivity contribution in [2.24, 2.45) is 0 Å². The topological polar surface area (TPSA) is 87.4 Å². The molecule has 0 unspecified atom stereocenters. The number of aromatic nitrogens is 2. The Morgan fingerprint density at radius 3 is 2.45 bits per heavy atom. The zero-order valence-corrected chi connectivity index (χ0v) is 12.2. The van der Waals surface area contributed by atoms with E-state index in [1.54, 1.807) is 0 Å². The molecule has 1 saturated heterocycles. The van der Waals surface area contributed by atoms with E-state index in [0.717, 1.165) is 32.6 Å². The van der Waals surface area contributed by atoms with Crippen LogP contribution in [0.4, 0.5) is 5.82 Å². The highest BCUT2D eigenvalue weighted by Gasteiger charge is 2.18. The van der Waals surface area contributed by atoms with E-state index in [2.05, 4.69) is 21.8 Å². The summed E-state index contributed by atoms with van der Waals surface area (Å²) in [6.45, 7) is 6.76. The Kier molecular flexibility index (Phi) is 4.61. The van der Waals surface area contributed by atoms with E-state index in [-0.39, 0.29) is 5.56 Å². The van der Waals surface area contributed by atoms with Gasteiger partial charge in [-0.2, -0.15) is 0 Å². The van der Waals surface area contributed by atoms with Gasteiger partial charge in [0.25, 0.3) is 5.56 Å². The number of nitrogens with zero attached hydrogens (tertiary/aromatic N) is 3. The van der Waals surface area contributed by atoms with Crippen LogP contribution in [0.5, 0.6) is 0 Å². The number of nitrogens with one attached hydrogen (secondary N) is 1. The predicted molar refractivity (Wildman–Crippen MR) is 78.8 cm³/mol. The summed E-state index contributed by atoms with van der Waals surface area (Å²) in [6, 6.07) is 0. The summed E-state index contributed by atoms with van der Waals surface area (Å²) in [5.41, 5.74) is 5.74. The number of anilines is 1. The molecule has 1 aromatic rings. The lowest BCUT2D eigenvalue weighted by atomic mass is 10.2. The molecule has 0 aromatic carbocycles. The summed E-state index contributed by atoms with van der Waals surface area (Å²) in [7, 11) is 2.08. The molecule has 1 aliphatic rings. The number of nitrogen functional groups attached to an aromatic ring is 1.